The molecule has 2 aliphatic heterocycles. The van der Waals surface area contributed by atoms with Crippen molar-refractivity contribution < 1.29 is 14.1 Å². The topological polar surface area (TPSA) is 29.3 Å². The first-order valence-electron chi connectivity index (χ1n) is 5.85. The van der Waals surface area contributed by atoms with Crippen molar-refractivity contribution >= 4 is 11.6 Å². The maximum Gasteiger partial charge on any atom is 0.401 e. The predicted molar refractivity (Wildman–Crippen MR) is 57.8 cm³/mol. The van der Waals surface area contributed by atoms with E-state index in [0.717, 1.165) is 13.0 Å². The van der Waals surface area contributed by atoms with Crippen LogP contribution in [-0.4, -0.2) is 29.0 Å². The Morgan fingerprint density at radius 1 is 1.33 bits per heavy atom. The van der Waals surface area contributed by atoms with Crippen molar-refractivity contribution in [3.63, 3.8) is 0 Å². The van der Waals surface area contributed by atoms with E-state index in [0.29, 0.717) is 11.8 Å². The fraction of sp³-hybridized carbons (Fsp3) is 0.833. The van der Waals surface area contributed by atoms with Gasteiger partial charge in [-0.05, 0) is 6.42 Å². The first-order chi connectivity index (χ1) is 7.04. The molecule has 0 aliphatic carbocycles. The average Bonchev–Trinajstić information content (AvgIpc) is 2.56. The number of amides is 1. The second kappa shape index (κ2) is 3.71. The van der Waals surface area contributed by atoms with Crippen LogP contribution in [-0.2, 0) is 9.53 Å². The second-order valence-corrected chi connectivity index (χ2v) is 5.10. The normalized spacial score (nSPS) is 29.7. The monoisotopic (exact) mass is 210 g/mol. The number of hydrogen-bond acceptors (Lipinski definition) is 2. The molecule has 2 heterocycles. The first kappa shape index (κ1) is 10.8. The molecule has 0 aromatic carbocycles. The number of fused-ring (bicyclic) bond motifs is 1. The van der Waals surface area contributed by atoms with Crippen molar-refractivity contribution in [3.8, 4) is 0 Å². The molecule has 0 N–H and O–H groups in total. The minimum absolute atomic E-state index is 0.0531. The van der Waals surface area contributed by atoms with Gasteiger partial charge in [0.05, 0.1) is 6.61 Å². The minimum atomic E-state index is 0.0531. The van der Waals surface area contributed by atoms with E-state index < -0.39 is 0 Å². The van der Waals surface area contributed by atoms with Gasteiger partial charge in [-0.1, -0.05) is 27.7 Å². The third-order valence-electron chi connectivity index (χ3n) is 3.33. The Bertz CT molecular complexity index is 308. The summed E-state index contributed by atoms with van der Waals surface area (Å²) in [5.74, 6) is 1.26. The molecule has 0 saturated carbocycles. The average molecular weight is 210 g/mol. The predicted octanol–water partition coefficient (Wildman–Crippen LogP) is 1.65. The van der Waals surface area contributed by atoms with Crippen molar-refractivity contribution in [1.82, 2.24) is 0 Å². The van der Waals surface area contributed by atoms with Crippen molar-refractivity contribution in [1.29, 1.82) is 0 Å². The molecule has 2 fully saturated rings. The van der Waals surface area contributed by atoms with E-state index >= 15 is 0 Å². The fourth-order valence-electron chi connectivity index (χ4n) is 2.79. The van der Waals surface area contributed by atoms with Crippen LogP contribution in [0.25, 0.3) is 0 Å². The van der Waals surface area contributed by atoms with E-state index in [2.05, 4.69) is 27.7 Å². The standard InChI is InChI=1S/C12H20NO2/c1-7(2)10(8(3)4)13-11(14)9-5-6-15-12(9)13/h7-9,12H,5-6H2,1-4H3/q+1. The van der Waals surface area contributed by atoms with Crippen LogP contribution in [0.1, 0.15) is 34.1 Å². The van der Waals surface area contributed by atoms with Crippen LogP contribution in [0.3, 0.4) is 0 Å². The van der Waals surface area contributed by atoms with E-state index in [9.17, 15) is 4.79 Å². The molecule has 2 saturated heterocycles. The molecule has 0 spiro atoms. The molecule has 1 amide bonds. The van der Waals surface area contributed by atoms with Gasteiger partial charge in [-0.2, -0.15) is 0 Å². The quantitative estimate of drug-likeness (QED) is 0.512. The lowest BCUT2D eigenvalue weighted by molar-refractivity contribution is -0.592. The molecular formula is C12H20NO2+. The van der Waals surface area contributed by atoms with Crippen molar-refractivity contribution in [2.45, 2.75) is 40.3 Å². The zero-order valence-corrected chi connectivity index (χ0v) is 9.99. The zero-order chi connectivity index (χ0) is 11.2. The summed E-state index contributed by atoms with van der Waals surface area (Å²) in [5, 5.41) is 0. The van der Waals surface area contributed by atoms with Gasteiger partial charge < -0.3 is 4.74 Å². The summed E-state index contributed by atoms with van der Waals surface area (Å²) in [5.41, 5.74) is 1.23. The van der Waals surface area contributed by atoms with Crippen LogP contribution < -0.4 is 0 Å². The van der Waals surface area contributed by atoms with E-state index in [1.54, 1.807) is 0 Å². The van der Waals surface area contributed by atoms with Crippen molar-refractivity contribution in [2.75, 3.05) is 6.61 Å². The van der Waals surface area contributed by atoms with Gasteiger partial charge in [-0.3, -0.25) is 0 Å². The van der Waals surface area contributed by atoms with Crippen molar-refractivity contribution in [3.05, 3.63) is 0 Å². The molecule has 0 bridgehead atoms. The Morgan fingerprint density at radius 3 is 2.47 bits per heavy atom. The molecule has 2 atom stereocenters. The summed E-state index contributed by atoms with van der Waals surface area (Å²) in [6.07, 6.45) is 0.959. The highest BCUT2D eigenvalue weighted by atomic mass is 16.5. The van der Waals surface area contributed by atoms with Gasteiger partial charge in [0.2, 0.25) is 0 Å². The minimum Gasteiger partial charge on any atom is -0.320 e. The molecule has 2 aliphatic rings. The maximum absolute atomic E-state index is 11.9. The summed E-state index contributed by atoms with van der Waals surface area (Å²) in [7, 11) is 0. The lowest BCUT2D eigenvalue weighted by Crippen LogP contribution is -2.56. The Kier molecular flexibility index (Phi) is 2.67. The molecule has 15 heavy (non-hydrogen) atoms. The number of β-lactam (4-membered cyclic amide) rings is 1. The van der Waals surface area contributed by atoms with Gasteiger partial charge in [0.25, 0.3) is 6.23 Å². The van der Waals surface area contributed by atoms with E-state index in [4.69, 9.17) is 4.74 Å². The SMILES string of the molecule is CC(C)C(C(C)C)=[N+]1C(=O)C2CCOC21. The van der Waals surface area contributed by atoms with Crippen LogP contribution in [0.15, 0.2) is 0 Å². The van der Waals surface area contributed by atoms with E-state index in [1.165, 1.54) is 5.71 Å². The third kappa shape index (κ3) is 1.53. The van der Waals surface area contributed by atoms with Crippen LogP contribution >= 0.6 is 0 Å². The first-order valence-corrected chi connectivity index (χ1v) is 5.85. The second-order valence-electron chi connectivity index (χ2n) is 5.10. The molecule has 2 unspecified atom stereocenters. The summed E-state index contributed by atoms with van der Waals surface area (Å²) >= 11 is 0. The van der Waals surface area contributed by atoms with Gasteiger partial charge in [0.15, 0.2) is 11.6 Å². The molecule has 0 aromatic rings. The maximum atomic E-state index is 11.9. The molecule has 0 aromatic heterocycles. The van der Waals surface area contributed by atoms with Gasteiger partial charge in [0.1, 0.15) is 0 Å². The van der Waals surface area contributed by atoms with E-state index in [1.807, 2.05) is 4.58 Å². The van der Waals surface area contributed by atoms with Crippen molar-refractivity contribution in [2.24, 2.45) is 17.8 Å². The number of nitrogens with zero attached hydrogens (tertiary/aromatic N) is 1. The van der Waals surface area contributed by atoms with E-state index in [-0.39, 0.29) is 18.1 Å². The number of carbonyl (C=O) groups excluding carboxylic acids is 1. The highest BCUT2D eigenvalue weighted by Crippen LogP contribution is 2.33. The van der Waals surface area contributed by atoms with Crippen LogP contribution in [0.5, 0.6) is 0 Å². The summed E-state index contributed by atoms with van der Waals surface area (Å²) in [6.45, 7) is 9.31. The van der Waals surface area contributed by atoms with Crippen LogP contribution in [0, 0.1) is 17.8 Å². The third-order valence-corrected chi connectivity index (χ3v) is 3.33. The molecule has 3 heteroatoms. The highest BCUT2D eigenvalue weighted by molar-refractivity contribution is 5.91. The molecule has 2 rings (SSSR count). The van der Waals surface area contributed by atoms with Crippen LogP contribution in [0.2, 0.25) is 0 Å². The Hall–Kier alpha value is -0.700. The Morgan fingerprint density at radius 2 is 1.93 bits per heavy atom. The zero-order valence-electron chi connectivity index (χ0n) is 9.99. The summed E-state index contributed by atoms with van der Waals surface area (Å²) < 4.78 is 7.50. The summed E-state index contributed by atoms with van der Waals surface area (Å²) in [4.78, 5) is 11.9. The van der Waals surface area contributed by atoms with Gasteiger partial charge >= 0.3 is 5.91 Å². The largest absolute Gasteiger partial charge is 0.401 e. The molecular weight excluding hydrogens is 190 g/mol. The number of rotatable bonds is 2. The number of ether oxygens (including phenoxy) is 1. The van der Waals surface area contributed by atoms with Gasteiger partial charge in [-0.15, -0.1) is 4.58 Å². The Labute approximate surface area is 91.1 Å². The highest BCUT2D eigenvalue weighted by Gasteiger charge is 2.60. The number of carbonyl (C=O) groups is 1. The molecule has 0 radical (unpaired) electrons. The van der Waals surface area contributed by atoms with Gasteiger partial charge in [0, 0.05) is 11.8 Å². The lowest BCUT2D eigenvalue weighted by Gasteiger charge is -2.27. The molecule has 3 nitrogen and oxygen atoms in total. The molecule has 84 valence electrons. The smallest absolute Gasteiger partial charge is 0.320 e. The lowest BCUT2D eigenvalue weighted by atomic mass is 9.90. The Balaban J connectivity index is 2.34. The van der Waals surface area contributed by atoms with Gasteiger partial charge in [-0.25, -0.2) is 4.79 Å². The fourth-order valence-corrected chi connectivity index (χ4v) is 2.79. The van der Waals surface area contributed by atoms with Crippen LogP contribution in [0.4, 0.5) is 0 Å². The summed E-state index contributed by atoms with van der Waals surface area (Å²) in [6, 6.07) is 0. The number of hydrogen-bond donors (Lipinski definition) is 0.